The highest BCUT2D eigenvalue weighted by Gasteiger charge is 1.96. The van der Waals surface area contributed by atoms with Crippen LogP contribution in [0.1, 0.15) is 117 Å². The van der Waals surface area contributed by atoms with Crippen molar-refractivity contribution in [3.8, 4) is 0 Å². The monoisotopic (exact) mass is 356 g/mol. The molecule has 3 nitrogen and oxygen atoms in total. The zero-order valence-electron chi connectivity index (χ0n) is 17.0. The molecule has 0 saturated heterocycles. The van der Waals surface area contributed by atoms with E-state index in [1.807, 2.05) is 6.08 Å². The van der Waals surface area contributed by atoms with E-state index >= 15 is 0 Å². The van der Waals surface area contributed by atoms with E-state index in [0.717, 1.165) is 25.7 Å². The second-order valence-electron chi connectivity index (χ2n) is 6.83. The maximum absolute atomic E-state index is 10.3. The molecular formula is C22H44O3. The first-order chi connectivity index (χ1) is 12.2. The topological polar surface area (TPSA) is 57.5 Å². The van der Waals surface area contributed by atoms with Crippen LogP contribution in [-0.2, 0) is 4.79 Å². The van der Waals surface area contributed by atoms with Crippen LogP contribution >= 0.6 is 0 Å². The van der Waals surface area contributed by atoms with Gasteiger partial charge < -0.3 is 10.2 Å². The molecule has 0 saturated carbocycles. The number of aliphatic carboxylic acids is 1. The molecule has 0 aromatic rings. The van der Waals surface area contributed by atoms with Gasteiger partial charge in [-0.1, -0.05) is 109 Å². The number of unbranched alkanes of at least 4 members (excludes halogenated alkanes) is 13. The minimum Gasteiger partial charge on any atom is -0.481 e. The summed E-state index contributed by atoms with van der Waals surface area (Å²) in [5.74, 6) is -0.655. The van der Waals surface area contributed by atoms with Gasteiger partial charge >= 0.3 is 5.97 Å². The van der Waals surface area contributed by atoms with Gasteiger partial charge in [0.25, 0.3) is 0 Å². The van der Waals surface area contributed by atoms with Crippen molar-refractivity contribution in [2.75, 3.05) is 6.61 Å². The number of carbonyl (C=O) groups is 1. The Kier molecular flexibility index (Phi) is 26.8. The van der Waals surface area contributed by atoms with Crippen LogP contribution in [0.4, 0.5) is 0 Å². The first kappa shape index (κ1) is 26.4. The van der Waals surface area contributed by atoms with E-state index in [9.17, 15) is 4.79 Å². The number of hydrogen-bond acceptors (Lipinski definition) is 2. The summed E-state index contributed by atoms with van der Waals surface area (Å²) < 4.78 is 0. The lowest BCUT2D eigenvalue weighted by Crippen LogP contribution is -1.93. The van der Waals surface area contributed by atoms with Crippen molar-refractivity contribution in [3.63, 3.8) is 0 Å². The summed E-state index contributed by atoms with van der Waals surface area (Å²) in [6, 6.07) is 0. The van der Waals surface area contributed by atoms with Crippen LogP contribution in [-0.4, -0.2) is 22.8 Å². The van der Waals surface area contributed by atoms with Gasteiger partial charge in [0.15, 0.2) is 0 Å². The molecule has 0 aliphatic rings. The molecule has 0 spiro atoms. The maximum atomic E-state index is 10.3. The van der Waals surface area contributed by atoms with Gasteiger partial charge in [0, 0.05) is 6.42 Å². The van der Waals surface area contributed by atoms with Gasteiger partial charge in [0.05, 0.1) is 6.61 Å². The summed E-state index contributed by atoms with van der Waals surface area (Å²) in [6.45, 7) is 4.55. The van der Waals surface area contributed by atoms with Gasteiger partial charge in [-0.2, -0.15) is 0 Å². The number of hydrogen-bond donors (Lipinski definition) is 2. The smallest absolute Gasteiger partial charge is 0.303 e. The van der Waals surface area contributed by atoms with E-state index in [1.165, 1.54) is 70.6 Å². The molecule has 0 unspecified atom stereocenters. The summed E-state index contributed by atoms with van der Waals surface area (Å²) in [7, 11) is 0. The average molecular weight is 357 g/mol. The number of carboxylic acid groups (broad SMARTS) is 1. The Balaban J connectivity index is 0. The lowest BCUT2D eigenvalue weighted by atomic mass is 10.0. The number of rotatable bonds is 17. The molecule has 0 atom stereocenters. The molecule has 0 aliphatic heterocycles. The van der Waals surface area contributed by atoms with E-state index in [0.29, 0.717) is 6.42 Å². The Labute approximate surface area is 156 Å². The first-order valence-electron chi connectivity index (χ1n) is 10.7. The van der Waals surface area contributed by atoms with Crippen LogP contribution in [0.15, 0.2) is 12.2 Å². The SMILES string of the molecule is CCC/C=C/CO.CCCCCCCCCCCCCCCC(=O)O. The molecule has 0 rings (SSSR count). The molecule has 0 radical (unpaired) electrons. The summed E-state index contributed by atoms with van der Waals surface area (Å²) in [5, 5.41) is 16.7. The van der Waals surface area contributed by atoms with E-state index in [4.69, 9.17) is 10.2 Å². The summed E-state index contributed by atoms with van der Waals surface area (Å²) in [5.41, 5.74) is 0. The summed E-state index contributed by atoms with van der Waals surface area (Å²) in [6.07, 6.45) is 23.3. The molecule has 0 amide bonds. The highest BCUT2D eigenvalue weighted by Crippen LogP contribution is 2.12. The Hall–Kier alpha value is -0.830. The van der Waals surface area contributed by atoms with Gasteiger partial charge in [0.2, 0.25) is 0 Å². The zero-order chi connectivity index (χ0) is 19.0. The van der Waals surface area contributed by atoms with Crippen LogP contribution in [0.5, 0.6) is 0 Å². The third-order valence-corrected chi connectivity index (χ3v) is 4.22. The van der Waals surface area contributed by atoms with Crippen molar-refractivity contribution >= 4 is 5.97 Å². The number of aliphatic hydroxyl groups excluding tert-OH is 1. The fourth-order valence-electron chi connectivity index (χ4n) is 2.65. The van der Waals surface area contributed by atoms with Crippen molar-refractivity contribution in [1.82, 2.24) is 0 Å². The molecule has 0 fully saturated rings. The minimum atomic E-state index is -0.655. The number of aliphatic hydroxyl groups is 1. The fourth-order valence-corrected chi connectivity index (χ4v) is 2.65. The zero-order valence-corrected chi connectivity index (χ0v) is 17.0. The highest BCUT2D eigenvalue weighted by atomic mass is 16.4. The van der Waals surface area contributed by atoms with Gasteiger partial charge in [-0.15, -0.1) is 0 Å². The molecule has 0 aromatic carbocycles. The quantitative estimate of drug-likeness (QED) is 0.220. The molecule has 25 heavy (non-hydrogen) atoms. The molecule has 0 heterocycles. The molecule has 0 bridgehead atoms. The Morgan fingerprint density at radius 3 is 1.48 bits per heavy atom. The van der Waals surface area contributed by atoms with Crippen LogP contribution in [0, 0.1) is 0 Å². The lowest BCUT2D eigenvalue weighted by molar-refractivity contribution is -0.137. The fraction of sp³-hybridized carbons (Fsp3) is 0.864. The van der Waals surface area contributed by atoms with Gasteiger partial charge in [-0.05, 0) is 12.8 Å². The van der Waals surface area contributed by atoms with Crippen LogP contribution in [0.2, 0.25) is 0 Å². The van der Waals surface area contributed by atoms with Gasteiger partial charge in [-0.25, -0.2) is 0 Å². The third kappa shape index (κ3) is 31.5. The van der Waals surface area contributed by atoms with E-state index in [-0.39, 0.29) is 6.61 Å². The second kappa shape index (κ2) is 25.4. The van der Waals surface area contributed by atoms with Gasteiger partial charge in [0.1, 0.15) is 0 Å². The van der Waals surface area contributed by atoms with Crippen molar-refractivity contribution in [2.24, 2.45) is 0 Å². The third-order valence-electron chi connectivity index (χ3n) is 4.22. The van der Waals surface area contributed by atoms with Crippen molar-refractivity contribution in [1.29, 1.82) is 0 Å². The largest absolute Gasteiger partial charge is 0.481 e. The first-order valence-corrected chi connectivity index (χ1v) is 10.7. The predicted molar refractivity (Wildman–Crippen MR) is 109 cm³/mol. The number of carboxylic acids is 1. The van der Waals surface area contributed by atoms with E-state index in [1.54, 1.807) is 6.08 Å². The van der Waals surface area contributed by atoms with E-state index < -0.39 is 5.97 Å². The molecular weight excluding hydrogens is 312 g/mol. The molecule has 0 aliphatic carbocycles. The molecule has 2 N–H and O–H groups in total. The van der Waals surface area contributed by atoms with Crippen LogP contribution in [0.25, 0.3) is 0 Å². The Bertz CT molecular complexity index is 274. The molecule has 3 heteroatoms. The van der Waals surface area contributed by atoms with Crippen molar-refractivity contribution in [2.45, 2.75) is 117 Å². The Morgan fingerprint density at radius 2 is 1.12 bits per heavy atom. The normalized spacial score (nSPS) is 10.7. The van der Waals surface area contributed by atoms with Crippen molar-refractivity contribution < 1.29 is 15.0 Å². The average Bonchev–Trinajstić information content (AvgIpc) is 2.60. The summed E-state index contributed by atoms with van der Waals surface area (Å²) in [4.78, 5) is 10.3. The standard InChI is InChI=1S/C16H32O2.C6H12O/c1-2-3-4-5-6-7-8-9-10-11-12-13-14-15-16(17)18;1-2-3-4-5-6-7/h2-15H2,1H3,(H,17,18);4-5,7H,2-3,6H2,1H3/b;5-4+. The predicted octanol–water partition coefficient (Wildman–Crippen LogP) is 6.89. The molecule has 150 valence electrons. The maximum Gasteiger partial charge on any atom is 0.303 e. The lowest BCUT2D eigenvalue weighted by Gasteiger charge is -2.02. The minimum absolute atomic E-state index is 0.181. The number of allylic oxidation sites excluding steroid dienone is 1. The Morgan fingerprint density at radius 1 is 0.680 bits per heavy atom. The second-order valence-corrected chi connectivity index (χ2v) is 6.83. The highest BCUT2D eigenvalue weighted by molar-refractivity contribution is 5.66. The summed E-state index contributed by atoms with van der Waals surface area (Å²) >= 11 is 0. The van der Waals surface area contributed by atoms with Gasteiger partial charge in [-0.3, -0.25) is 4.79 Å². The van der Waals surface area contributed by atoms with Crippen molar-refractivity contribution in [3.05, 3.63) is 12.2 Å². The van der Waals surface area contributed by atoms with Crippen LogP contribution < -0.4 is 0 Å². The van der Waals surface area contributed by atoms with Crippen LogP contribution in [0.3, 0.4) is 0 Å². The molecule has 0 aromatic heterocycles. The van der Waals surface area contributed by atoms with E-state index in [2.05, 4.69) is 13.8 Å².